The molecular weight excluding hydrogens is 240 g/mol. The first-order valence-corrected chi connectivity index (χ1v) is 5.44. The van der Waals surface area contributed by atoms with Crippen LogP contribution in [0.25, 0.3) is 11.0 Å². The molecular formula is C11H11ClN4O. The van der Waals surface area contributed by atoms with Gasteiger partial charge >= 0.3 is 0 Å². The zero-order chi connectivity index (χ0) is 12.4. The quantitative estimate of drug-likeness (QED) is 0.848. The van der Waals surface area contributed by atoms with Crippen LogP contribution in [0.1, 0.15) is 6.92 Å². The van der Waals surface area contributed by atoms with Gasteiger partial charge in [0.15, 0.2) is 11.0 Å². The molecule has 0 aliphatic heterocycles. The standard InChI is InChI=1S/C11H11ClN4O/c1-6(13)11(17)16-10-9(12)14-7-4-2-3-5-8(7)15-10/h2-6H,13H2,1H3,(H,15,16,17)/t6-/m0/s1. The van der Waals surface area contributed by atoms with Gasteiger partial charge in [0.25, 0.3) is 0 Å². The second kappa shape index (κ2) is 4.65. The molecule has 1 heterocycles. The van der Waals surface area contributed by atoms with Crippen LogP contribution in [0.3, 0.4) is 0 Å². The molecule has 3 N–H and O–H groups in total. The Labute approximate surface area is 103 Å². The first kappa shape index (κ1) is 11.8. The van der Waals surface area contributed by atoms with Crippen molar-refractivity contribution in [3.05, 3.63) is 29.4 Å². The number of anilines is 1. The Balaban J connectivity index is 2.41. The third kappa shape index (κ3) is 2.51. The van der Waals surface area contributed by atoms with E-state index in [1.165, 1.54) is 0 Å². The third-order valence-corrected chi connectivity index (χ3v) is 2.45. The van der Waals surface area contributed by atoms with E-state index < -0.39 is 6.04 Å². The molecule has 0 aliphatic rings. The highest BCUT2D eigenvalue weighted by atomic mass is 35.5. The minimum atomic E-state index is -0.626. The first-order valence-electron chi connectivity index (χ1n) is 5.06. The Kier molecular flexibility index (Phi) is 3.21. The lowest BCUT2D eigenvalue weighted by molar-refractivity contribution is -0.117. The van der Waals surface area contributed by atoms with Gasteiger partial charge in [0.2, 0.25) is 5.91 Å². The van der Waals surface area contributed by atoms with Gasteiger partial charge in [0, 0.05) is 0 Å². The second-order valence-corrected chi connectivity index (χ2v) is 3.99. The topological polar surface area (TPSA) is 80.9 Å². The van der Waals surface area contributed by atoms with Gasteiger partial charge in [-0.05, 0) is 19.1 Å². The number of fused-ring (bicyclic) bond motifs is 1. The average molecular weight is 251 g/mol. The number of hydrogen-bond donors (Lipinski definition) is 2. The number of nitrogens with zero attached hydrogens (tertiary/aromatic N) is 2. The molecule has 0 radical (unpaired) electrons. The summed E-state index contributed by atoms with van der Waals surface area (Å²) in [4.78, 5) is 19.8. The van der Waals surface area contributed by atoms with Gasteiger partial charge in [0.1, 0.15) is 0 Å². The molecule has 0 saturated heterocycles. The molecule has 0 fully saturated rings. The van der Waals surface area contributed by atoms with E-state index in [0.717, 1.165) is 0 Å². The van der Waals surface area contributed by atoms with Gasteiger partial charge in [-0.25, -0.2) is 9.97 Å². The number of carbonyl (C=O) groups excluding carboxylic acids is 1. The van der Waals surface area contributed by atoms with E-state index in [-0.39, 0.29) is 16.9 Å². The summed E-state index contributed by atoms with van der Waals surface area (Å²) in [6.07, 6.45) is 0. The van der Waals surface area contributed by atoms with E-state index in [1.54, 1.807) is 19.1 Å². The van der Waals surface area contributed by atoms with Gasteiger partial charge in [-0.3, -0.25) is 4.79 Å². The summed E-state index contributed by atoms with van der Waals surface area (Å²) in [6.45, 7) is 1.58. The highest BCUT2D eigenvalue weighted by molar-refractivity contribution is 6.32. The molecule has 0 bridgehead atoms. The molecule has 5 nitrogen and oxygen atoms in total. The molecule has 1 amide bonds. The van der Waals surface area contributed by atoms with Crippen molar-refractivity contribution in [1.82, 2.24) is 9.97 Å². The van der Waals surface area contributed by atoms with E-state index in [0.29, 0.717) is 11.0 Å². The fourth-order valence-electron chi connectivity index (χ4n) is 1.29. The molecule has 6 heteroatoms. The van der Waals surface area contributed by atoms with Crippen LogP contribution in [0.2, 0.25) is 5.15 Å². The van der Waals surface area contributed by atoms with E-state index >= 15 is 0 Å². The Morgan fingerprint density at radius 1 is 1.35 bits per heavy atom. The Bertz CT molecular complexity index is 570. The molecule has 2 aromatic rings. The molecule has 1 aromatic heterocycles. The number of nitrogens with one attached hydrogen (secondary N) is 1. The van der Waals surface area contributed by atoms with Crippen LogP contribution in [-0.2, 0) is 4.79 Å². The number of hydrogen-bond acceptors (Lipinski definition) is 4. The maximum atomic E-state index is 11.4. The highest BCUT2D eigenvalue weighted by Gasteiger charge is 2.12. The third-order valence-electron chi connectivity index (χ3n) is 2.18. The van der Waals surface area contributed by atoms with Crippen molar-refractivity contribution in [2.75, 3.05) is 5.32 Å². The van der Waals surface area contributed by atoms with Crippen LogP contribution in [0.15, 0.2) is 24.3 Å². The van der Waals surface area contributed by atoms with E-state index in [9.17, 15) is 4.79 Å². The number of halogens is 1. The number of amides is 1. The van der Waals surface area contributed by atoms with Gasteiger partial charge < -0.3 is 11.1 Å². The predicted octanol–water partition coefficient (Wildman–Crippen LogP) is 1.57. The first-order chi connectivity index (χ1) is 8.08. The molecule has 0 saturated carbocycles. The van der Waals surface area contributed by atoms with E-state index in [2.05, 4.69) is 15.3 Å². The van der Waals surface area contributed by atoms with Crippen LogP contribution >= 0.6 is 11.6 Å². The van der Waals surface area contributed by atoms with Crippen molar-refractivity contribution < 1.29 is 4.79 Å². The van der Waals surface area contributed by atoms with Crippen LogP contribution in [0, 0.1) is 0 Å². The maximum absolute atomic E-state index is 11.4. The number of para-hydroxylation sites is 2. The zero-order valence-corrected chi connectivity index (χ0v) is 9.90. The van der Waals surface area contributed by atoms with Crippen LogP contribution < -0.4 is 11.1 Å². The van der Waals surface area contributed by atoms with E-state index in [4.69, 9.17) is 17.3 Å². The van der Waals surface area contributed by atoms with Gasteiger partial charge in [-0.2, -0.15) is 0 Å². The Hall–Kier alpha value is -1.72. The predicted molar refractivity (Wildman–Crippen MR) is 66.8 cm³/mol. The second-order valence-electron chi connectivity index (χ2n) is 3.63. The summed E-state index contributed by atoms with van der Waals surface area (Å²) in [6, 6.07) is 6.64. The lowest BCUT2D eigenvalue weighted by Gasteiger charge is -2.08. The fraction of sp³-hybridized carbons (Fsp3) is 0.182. The minimum absolute atomic E-state index is 0.151. The molecule has 88 valence electrons. The van der Waals surface area contributed by atoms with Crippen molar-refractivity contribution >= 4 is 34.4 Å². The van der Waals surface area contributed by atoms with Gasteiger partial charge in [0.05, 0.1) is 17.1 Å². The van der Waals surface area contributed by atoms with Crippen molar-refractivity contribution in [2.45, 2.75) is 13.0 Å². The molecule has 1 aromatic carbocycles. The monoisotopic (exact) mass is 250 g/mol. The van der Waals surface area contributed by atoms with Crippen LogP contribution in [0.4, 0.5) is 5.82 Å². The lowest BCUT2D eigenvalue weighted by Crippen LogP contribution is -2.32. The number of carbonyl (C=O) groups is 1. The minimum Gasteiger partial charge on any atom is -0.320 e. The Morgan fingerprint density at radius 3 is 2.53 bits per heavy atom. The molecule has 1 atom stereocenters. The average Bonchev–Trinajstić information content (AvgIpc) is 2.29. The van der Waals surface area contributed by atoms with Crippen LogP contribution in [0.5, 0.6) is 0 Å². The molecule has 0 aliphatic carbocycles. The van der Waals surface area contributed by atoms with Crippen molar-refractivity contribution in [3.8, 4) is 0 Å². The summed E-state index contributed by atoms with van der Waals surface area (Å²) in [7, 11) is 0. The zero-order valence-electron chi connectivity index (χ0n) is 9.14. The number of aromatic nitrogens is 2. The molecule has 0 spiro atoms. The van der Waals surface area contributed by atoms with Crippen molar-refractivity contribution in [1.29, 1.82) is 0 Å². The number of benzene rings is 1. The summed E-state index contributed by atoms with van der Waals surface area (Å²) in [5.41, 5.74) is 6.78. The number of nitrogens with two attached hydrogens (primary N) is 1. The largest absolute Gasteiger partial charge is 0.320 e. The normalized spacial score (nSPS) is 12.4. The lowest BCUT2D eigenvalue weighted by atomic mass is 10.3. The van der Waals surface area contributed by atoms with Gasteiger partial charge in [-0.1, -0.05) is 23.7 Å². The van der Waals surface area contributed by atoms with Crippen molar-refractivity contribution in [3.63, 3.8) is 0 Å². The molecule has 2 rings (SSSR count). The summed E-state index contributed by atoms with van der Waals surface area (Å²) < 4.78 is 0. The number of rotatable bonds is 2. The fourth-order valence-corrected chi connectivity index (χ4v) is 1.47. The van der Waals surface area contributed by atoms with Crippen LogP contribution in [-0.4, -0.2) is 21.9 Å². The van der Waals surface area contributed by atoms with E-state index in [1.807, 2.05) is 12.1 Å². The highest BCUT2D eigenvalue weighted by Crippen LogP contribution is 2.20. The SMILES string of the molecule is C[C@H](N)C(=O)Nc1nc2ccccc2nc1Cl. The smallest absolute Gasteiger partial charge is 0.242 e. The Morgan fingerprint density at radius 2 is 1.94 bits per heavy atom. The maximum Gasteiger partial charge on any atom is 0.242 e. The summed E-state index contributed by atoms with van der Waals surface area (Å²) in [5, 5.41) is 2.68. The summed E-state index contributed by atoms with van der Waals surface area (Å²) in [5.74, 6) is -0.121. The van der Waals surface area contributed by atoms with Gasteiger partial charge in [-0.15, -0.1) is 0 Å². The van der Waals surface area contributed by atoms with Crippen molar-refractivity contribution in [2.24, 2.45) is 5.73 Å². The molecule has 0 unspecified atom stereocenters. The summed E-state index contributed by atoms with van der Waals surface area (Å²) >= 11 is 5.92. The molecule has 17 heavy (non-hydrogen) atoms.